The lowest BCUT2D eigenvalue weighted by Gasteiger charge is -2.46. The molecule has 9 rings (SSSR count). The average molecular weight is 983 g/mol. The molecule has 2 heterocycles. The van der Waals surface area contributed by atoms with Crippen LogP contribution >= 0.6 is 0 Å². The number of ether oxygens (including phenoxy) is 10. The van der Waals surface area contributed by atoms with Gasteiger partial charge in [0.1, 0.15) is 54.9 Å². The zero-order valence-electron chi connectivity index (χ0n) is 41.4. The van der Waals surface area contributed by atoms with Crippen LogP contribution in [0.3, 0.4) is 0 Å². The number of benzene rings is 7. The Kier molecular flexibility index (Phi) is 19.7. The Hall–Kier alpha value is -6.12. The Balaban J connectivity index is 1.08. The summed E-state index contributed by atoms with van der Waals surface area (Å²) in [5, 5.41) is 0. The minimum atomic E-state index is -0.829. The molecule has 10 atom stereocenters. The highest BCUT2D eigenvalue weighted by atomic mass is 16.7. The zero-order valence-corrected chi connectivity index (χ0v) is 41.4. The van der Waals surface area contributed by atoms with Crippen molar-refractivity contribution < 1.29 is 47.4 Å². The van der Waals surface area contributed by atoms with Crippen LogP contribution in [0.1, 0.15) is 38.9 Å². The first-order valence-electron chi connectivity index (χ1n) is 25.2. The molecule has 0 spiro atoms. The minimum Gasteiger partial charge on any atom is -0.374 e. The maximum atomic E-state index is 7.23. The first kappa shape index (κ1) is 51.8. The van der Waals surface area contributed by atoms with E-state index in [0.717, 1.165) is 38.9 Å². The summed E-state index contributed by atoms with van der Waals surface area (Å²) in [6, 6.07) is 70.8. The van der Waals surface area contributed by atoms with Crippen molar-refractivity contribution in [1.29, 1.82) is 0 Å². The van der Waals surface area contributed by atoms with Gasteiger partial charge in [0.05, 0.1) is 52.9 Å². The summed E-state index contributed by atoms with van der Waals surface area (Å²) in [4.78, 5) is 0. The minimum absolute atomic E-state index is 0.222. The van der Waals surface area contributed by atoms with Crippen molar-refractivity contribution in [3.05, 3.63) is 263 Å². The smallest absolute Gasteiger partial charge is 0.186 e. The van der Waals surface area contributed by atoms with Crippen molar-refractivity contribution in [3.63, 3.8) is 0 Å². The summed E-state index contributed by atoms with van der Waals surface area (Å²) in [6.45, 7) is 2.48. The maximum Gasteiger partial charge on any atom is 0.186 e. The van der Waals surface area contributed by atoms with Gasteiger partial charge in [-0.1, -0.05) is 224 Å². The normalized spacial score (nSPS) is 24.1. The van der Waals surface area contributed by atoms with Crippen molar-refractivity contribution in [2.75, 3.05) is 13.7 Å². The van der Waals surface area contributed by atoms with Crippen LogP contribution in [0.25, 0.3) is 0 Å². The first-order valence-corrected chi connectivity index (χ1v) is 25.2. The number of hydrogen-bond donors (Lipinski definition) is 0. The molecule has 10 nitrogen and oxygen atoms in total. The van der Waals surface area contributed by atoms with Gasteiger partial charge in [0.15, 0.2) is 6.29 Å². The highest BCUT2D eigenvalue weighted by Crippen LogP contribution is 2.35. The fraction of sp³-hybridized carbons (Fsp3) is 0.302. The van der Waals surface area contributed by atoms with E-state index in [2.05, 4.69) is 48.5 Å². The van der Waals surface area contributed by atoms with Crippen LogP contribution in [0.4, 0.5) is 0 Å². The van der Waals surface area contributed by atoms with E-state index in [-0.39, 0.29) is 6.61 Å². The average Bonchev–Trinajstić information content (AvgIpc) is 3.45. The molecule has 7 aromatic carbocycles. The quantitative estimate of drug-likeness (QED) is 0.0516. The Morgan fingerprint density at radius 1 is 0.315 bits per heavy atom. The molecule has 0 radical (unpaired) electrons. The third-order valence-corrected chi connectivity index (χ3v) is 13.0. The lowest BCUT2D eigenvalue weighted by atomic mass is 9.92. The van der Waals surface area contributed by atoms with Crippen molar-refractivity contribution in [3.8, 4) is 0 Å². The lowest BCUT2D eigenvalue weighted by Crippen LogP contribution is -2.61. The summed E-state index contributed by atoms with van der Waals surface area (Å²) >= 11 is 0. The van der Waals surface area contributed by atoms with E-state index in [1.165, 1.54) is 0 Å². The third-order valence-electron chi connectivity index (χ3n) is 13.0. The van der Waals surface area contributed by atoms with Crippen molar-refractivity contribution in [2.45, 2.75) is 107 Å². The predicted molar refractivity (Wildman–Crippen MR) is 280 cm³/mol. The molecule has 0 aromatic heterocycles. The Labute approximate surface area is 430 Å². The van der Waals surface area contributed by atoms with Gasteiger partial charge >= 0.3 is 0 Å². The van der Waals surface area contributed by atoms with E-state index in [1.54, 1.807) is 7.11 Å². The molecule has 0 saturated carbocycles. The molecule has 7 aromatic rings. The summed E-state index contributed by atoms with van der Waals surface area (Å²) in [7, 11) is 1.63. The SMILES string of the molecule is CO[C@H]1O[C@H](/C=C/[C@@H]2O[C@H](COCc3ccccc3)[C@@H](OCc3ccccc3)[C@H](OCc3ccccc3)[C@H]2OCc2ccccc2)[C@@H](OCc2ccccc2)[C@H](OCc2ccccc2)[C@H]1OCc1ccccc1. The van der Waals surface area contributed by atoms with Crippen LogP contribution < -0.4 is 0 Å². The molecule has 0 bridgehead atoms. The fourth-order valence-corrected chi connectivity index (χ4v) is 9.23. The van der Waals surface area contributed by atoms with Crippen molar-refractivity contribution >= 4 is 0 Å². The maximum absolute atomic E-state index is 7.23. The molecular weight excluding hydrogens is 917 g/mol. The Morgan fingerprint density at radius 2 is 0.589 bits per heavy atom. The second-order valence-corrected chi connectivity index (χ2v) is 18.3. The molecule has 0 N–H and O–H groups in total. The van der Waals surface area contributed by atoms with Crippen LogP contribution in [-0.2, 0) is 93.6 Å². The molecule has 2 fully saturated rings. The molecule has 2 saturated heterocycles. The summed E-state index contributed by atoms with van der Waals surface area (Å²) in [5.74, 6) is 0. The Bertz CT molecular complexity index is 2610. The summed E-state index contributed by atoms with van der Waals surface area (Å²) in [6.07, 6.45) is -2.65. The van der Waals surface area contributed by atoms with Gasteiger partial charge in [-0.25, -0.2) is 0 Å². The molecular formula is C63H66O10. The van der Waals surface area contributed by atoms with Gasteiger partial charge in [-0.3, -0.25) is 0 Å². The van der Waals surface area contributed by atoms with Crippen LogP contribution in [0.5, 0.6) is 0 Å². The predicted octanol–water partition coefficient (Wildman–Crippen LogP) is 11.4. The lowest BCUT2D eigenvalue weighted by molar-refractivity contribution is -0.309. The van der Waals surface area contributed by atoms with Gasteiger partial charge in [-0.2, -0.15) is 0 Å². The molecule has 378 valence electrons. The fourth-order valence-electron chi connectivity index (χ4n) is 9.23. The van der Waals surface area contributed by atoms with Crippen LogP contribution in [0.2, 0.25) is 0 Å². The molecule has 0 unspecified atom stereocenters. The number of methoxy groups -OCH3 is 1. The van der Waals surface area contributed by atoms with Gasteiger partial charge < -0.3 is 47.4 Å². The van der Waals surface area contributed by atoms with E-state index in [9.17, 15) is 0 Å². The number of hydrogen-bond acceptors (Lipinski definition) is 10. The van der Waals surface area contributed by atoms with Gasteiger partial charge in [0.2, 0.25) is 0 Å². The van der Waals surface area contributed by atoms with Crippen LogP contribution in [0.15, 0.2) is 224 Å². The zero-order chi connectivity index (χ0) is 49.7. The molecule has 2 aliphatic rings. The van der Waals surface area contributed by atoms with E-state index in [1.807, 2.05) is 176 Å². The van der Waals surface area contributed by atoms with Crippen LogP contribution in [-0.4, -0.2) is 74.9 Å². The van der Waals surface area contributed by atoms with Gasteiger partial charge in [-0.15, -0.1) is 0 Å². The van der Waals surface area contributed by atoms with Crippen molar-refractivity contribution in [2.24, 2.45) is 0 Å². The van der Waals surface area contributed by atoms with E-state index >= 15 is 0 Å². The standard InChI is InChI=1S/C63H66O10/c1-64-63-62(71-45-53-35-21-8-22-36-53)61(70-44-52-33-19-7-20-34-52)58(67-41-49-27-13-4-14-28-49)55(73-63)38-37-54-57(66-40-48-25-11-3-12-26-48)60(69-43-51-31-17-6-18-32-51)59(68-42-50-29-15-5-16-30-50)56(72-54)46-65-39-47-23-9-2-10-24-47/h2-38,54-63H,39-46H2,1H3/b38-37+/t54-,55+,56+,57-,58+,59+,60+,61-,62+,63-/m0/s1. The van der Waals surface area contributed by atoms with E-state index in [4.69, 9.17) is 47.4 Å². The highest BCUT2D eigenvalue weighted by Gasteiger charge is 2.50. The first-order chi connectivity index (χ1) is 36.2. The van der Waals surface area contributed by atoms with Gasteiger partial charge in [-0.05, 0) is 38.9 Å². The largest absolute Gasteiger partial charge is 0.374 e. The molecule has 73 heavy (non-hydrogen) atoms. The van der Waals surface area contributed by atoms with Crippen molar-refractivity contribution in [1.82, 2.24) is 0 Å². The third kappa shape index (κ3) is 15.2. The van der Waals surface area contributed by atoms with Crippen LogP contribution in [0, 0.1) is 0 Å². The molecule has 2 aliphatic heterocycles. The Morgan fingerprint density at radius 3 is 0.932 bits per heavy atom. The molecule has 0 aliphatic carbocycles. The second-order valence-electron chi connectivity index (χ2n) is 18.3. The van der Waals surface area contributed by atoms with E-state index < -0.39 is 61.2 Å². The highest BCUT2D eigenvalue weighted by molar-refractivity contribution is 5.20. The number of rotatable bonds is 25. The molecule has 10 heteroatoms. The van der Waals surface area contributed by atoms with E-state index in [0.29, 0.717) is 46.2 Å². The second kappa shape index (κ2) is 27.8. The summed E-state index contributed by atoms with van der Waals surface area (Å²) in [5.41, 5.74) is 7.13. The van der Waals surface area contributed by atoms with Gasteiger partial charge in [0.25, 0.3) is 0 Å². The monoisotopic (exact) mass is 982 g/mol. The summed E-state index contributed by atoms with van der Waals surface area (Å²) < 4.78 is 68.6. The molecule has 0 amide bonds. The van der Waals surface area contributed by atoms with Gasteiger partial charge in [0, 0.05) is 7.11 Å². The topological polar surface area (TPSA) is 92.3 Å².